The first kappa shape index (κ1) is 23.5. The lowest BCUT2D eigenvalue weighted by atomic mass is 9.76. The summed E-state index contributed by atoms with van der Waals surface area (Å²) in [5, 5.41) is 6.33. The van der Waals surface area contributed by atoms with E-state index < -0.39 is 47.0 Å². The topological polar surface area (TPSA) is 122 Å². The van der Waals surface area contributed by atoms with Crippen LogP contribution in [0.15, 0.2) is 36.4 Å². The number of primary amides is 1. The molecule has 2 fully saturated rings. The molecule has 3 aliphatic heterocycles. The molecule has 2 aromatic carbocycles. The molecule has 0 radical (unpaired) electrons. The number of hydrogen-bond acceptors (Lipinski definition) is 5. The summed E-state index contributed by atoms with van der Waals surface area (Å²) in [6.07, 6.45) is 2.84. The van der Waals surface area contributed by atoms with Gasteiger partial charge in [0.2, 0.25) is 23.6 Å². The standard InChI is InChI=1S/C26H27ClN4O4/c1-3-4-5-14-6-8-15(9-7-14)31-23(33)20-18(12-19(28)32)30-26(21(20)24(31)34)16-10-13(2)11-17(27)22(16)29-25(26)35/h6-11,18,20-21,30H,3-5,12H2,1-2H3,(H2,28,32)(H,29,35)/t18-,20-,21+,26-/m1/s1. The Kier molecular flexibility index (Phi) is 5.68. The van der Waals surface area contributed by atoms with Crippen LogP contribution in [-0.2, 0) is 31.1 Å². The first-order chi connectivity index (χ1) is 16.7. The van der Waals surface area contributed by atoms with Crippen molar-refractivity contribution in [2.24, 2.45) is 17.6 Å². The highest BCUT2D eigenvalue weighted by atomic mass is 35.5. The van der Waals surface area contributed by atoms with E-state index in [9.17, 15) is 19.2 Å². The molecule has 9 heteroatoms. The molecule has 0 saturated carbocycles. The van der Waals surface area contributed by atoms with Crippen LogP contribution < -0.4 is 21.3 Å². The van der Waals surface area contributed by atoms with Crippen molar-refractivity contribution >= 4 is 46.6 Å². The van der Waals surface area contributed by atoms with Gasteiger partial charge in [-0.2, -0.15) is 0 Å². The van der Waals surface area contributed by atoms with Gasteiger partial charge in [0.1, 0.15) is 5.54 Å². The third-order valence-electron chi connectivity index (χ3n) is 7.35. The number of aryl methyl sites for hydroxylation is 2. The fraction of sp³-hybridized carbons (Fsp3) is 0.385. The summed E-state index contributed by atoms with van der Waals surface area (Å²) in [7, 11) is 0. The Morgan fingerprint density at radius 3 is 2.51 bits per heavy atom. The second-order valence-electron chi connectivity index (χ2n) is 9.64. The van der Waals surface area contributed by atoms with E-state index in [0.29, 0.717) is 22.0 Å². The highest BCUT2D eigenvalue weighted by Gasteiger charge is 2.71. The molecule has 2 saturated heterocycles. The van der Waals surface area contributed by atoms with Crippen molar-refractivity contribution in [2.45, 2.75) is 51.1 Å². The van der Waals surface area contributed by atoms with Gasteiger partial charge in [0.25, 0.3) is 0 Å². The third kappa shape index (κ3) is 3.46. The van der Waals surface area contributed by atoms with Crippen molar-refractivity contribution in [3.8, 4) is 0 Å². The number of anilines is 2. The van der Waals surface area contributed by atoms with E-state index in [4.69, 9.17) is 17.3 Å². The summed E-state index contributed by atoms with van der Waals surface area (Å²) < 4.78 is 0. The second-order valence-corrected chi connectivity index (χ2v) is 10.0. The summed E-state index contributed by atoms with van der Waals surface area (Å²) in [5.41, 5.74) is 7.25. The van der Waals surface area contributed by atoms with Gasteiger partial charge in [-0.05, 0) is 49.1 Å². The minimum Gasteiger partial charge on any atom is -0.370 e. The summed E-state index contributed by atoms with van der Waals surface area (Å²) in [6.45, 7) is 3.96. The molecule has 4 atom stereocenters. The van der Waals surface area contributed by atoms with E-state index in [1.165, 1.54) is 0 Å². The van der Waals surface area contributed by atoms with Crippen molar-refractivity contribution in [3.05, 3.63) is 58.1 Å². The lowest BCUT2D eigenvalue weighted by molar-refractivity contribution is -0.130. The Labute approximate surface area is 208 Å². The Morgan fingerprint density at radius 1 is 1.14 bits per heavy atom. The van der Waals surface area contributed by atoms with Crippen LogP contribution in [0.2, 0.25) is 5.02 Å². The average molecular weight is 495 g/mol. The highest BCUT2D eigenvalue weighted by molar-refractivity contribution is 6.35. The van der Waals surface area contributed by atoms with Gasteiger partial charge in [-0.3, -0.25) is 24.5 Å². The quantitative estimate of drug-likeness (QED) is 0.533. The van der Waals surface area contributed by atoms with E-state index in [0.717, 1.165) is 35.3 Å². The lowest BCUT2D eigenvalue weighted by Gasteiger charge is -2.29. The number of hydrogen-bond donors (Lipinski definition) is 3. The van der Waals surface area contributed by atoms with Gasteiger partial charge in [-0.25, -0.2) is 4.90 Å². The van der Waals surface area contributed by atoms with Crippen molar-refractivity contribution in [3.63, 3.8) is 0 Å². The molecule has 4 N–H and O–H groups in total. The maximum atomic E-state index is 13.9. The number of halogens is 1. The lowest BCUT2D eigenvalue weighted by Crippen LogP contribution is -2.53. The van der Waals surface area contributed by atoms with E-state index in [1.54, 1.807) is 24.3 Å². The number of rotatable bonds is 6. The largest absolute Gasteiger partial charge is 0.370 e. The molecule has 3 aliphatic rings. The van der Waals surface area contributed by atoms with Crippen LogP contribution >= 0.6 is 11.6 Å². The number of nitrogens with zero attached hydrogens (tertiary/aromatic N) is 1. The normalized spacial score (nSPS) is 26.9. The number of amides is 4. The van der Waals surface area contributed by atoms with Gasteiger partial charge >= 0.3 is 0 Å². The smallest absolute Gasteiger partial charge is 0.250 e. The molecule has 0 aliphatic carbocycles. The molecule has 182 valence electrons. The van der Waals surface area contributed by atoms with Crippen LogP contribution in [0.5, 0.6) is 0 Å². The maximum absolute atomic E-state index is 13.9. The number of nitrogens with one attached hydrogen (secondary N) is 2. The highest BCUT2D eigenvalue weighted by Crippen LogP contribution is 2.55. The number of fused-ring (bicyclic) bond motifs is 4. The number of unbranched alkanes of at least 4 members (excludes halogenated alkanes) is 1. The number of nitrogens with two attached hydrogens (primary N) is 1. The Bertz CT molecular complexity index is 1260. The minimum atomic E-state index is -1.53. The Hall–Kier alpha value is -3.23. The van der Waals surface area contributed by atoms with Crippen LogP contribution in [0.1, 0.15) is 42.9 Å². The van der Waals surface area contributed by atoms with Crippen LogP contribution in [0, 0.1) is 18.8 Å². The molecule has 5 rings (SSSR count). The predicted octanol–water partition coefficient (Wildman–Crippen LogP) is 2.79. The molecule has 2 aromatic rings. The van der Waals surface area contributed by atoms with Crippen LogP contribution in [0.3, 0.4) is 0 Å². The zero-order valence-corrected chi connectivity index (χ0v) is 20.3. The molecular formula is C26H27ClN4O4. The van der Waals surface area contributed by atoms with Crippen molar-refractivity contribution < 1.29 is 19.2 Å². The minimum absolute atomic E-state index is 0.187. The van der Waals surface area contributed by atoms with Gasteiger partial charge in [-0.15, -0.1) is 0 Å². The summed E-state index contributed by atoms with van der Waals surface area (Å²) in [5.74, 6) is -4.00. The zero-order chi connectivity index (χ0) is 25.1. The number of benzene rings is 2. The average Bonchev–Trinajstić information content (AvgIpc) is 3.38. The second kappa shape index (κ2) is 8.46. The molecule has 8 nitrogen and oxygen atoms in total. The molecule has 4 amide bonds. The van der Waals surface area contributed by atoms with Gasteiger partial charge in [-0.1, -0.05) is 43.1 Å². The monoisotopic (exact) mass is 494 g/mol. The van der Waals surface area contributed by atoms with E-state index in [1.807, 2.05) is 19.1 Å². The number of imide groups is 1. The van der Waals surface area contributed by atoms with Gasteiger partial charge in [0.05, 0.1) is 28.2 Å². The fourth-order valence-corrected chi connectivity index (χ4v) is 6.15. The van der Waals surface area contributed by atoms with E-state index in [2.05, 4.69) is 17.6 Å². The molecule has 1 spiro atoms. The molecule has 0 bridgehead atoms. The number of carbonyl (C=O) groups is 4. The predicted molar refractivity (Wildman–Crippen MR) is 132 cm³/mol. The maximum Gasteiger partial charge on any atom is 0.250 e. The van der Waals surface area contributed by atoms with Crippen LogP contribution in [-0.4, -0.2) is 29.7 Å². The summed E-state index contributed by atoms with van der Waals surface area (Å²) in [4.78, 5) is 54.2. The van der Waals surface area contributed by atoms with Crippen LogP contribution in [0.4, 0.5) is 11.4 Å². The SMILES string of the molecule is CCCCc1ccc(N2C(=O)[C@H]3[C@@H](C2=O)[C@@]2(N[C@@H]3CC(N)=O)C(=O)Nc3c(Cl)cc(C)cc32)cc1. The Balaban J connectivity index is 1.61. The summed E-state index contributed by atoms with van der Waals surface area (Å²) in [6, 6.07) is 10.1. The van der Waals surface area contributed by atoms with Gasteiger partial charge in [0.15, 0.2) is 0 Å². The summed E-state index contributed by atoms with van der Waals surface area (Å²) >= 11 is 6.43. The zero-order valence-electron chi connectivity index (χ0n) is 19.6. The fourth-order valence-electron chi connectivity index (χ4n) is 5.83. The molecular weight excluding hydrogens is 468 g/mol. The third-order valence-corrected chi connectivity index (χ3v) is 7.65. The van der Waals surface area contributed by atoms with Crippen molar-refractivity contribution in [1.82, 2.24) is 5.32 Å². The van der Waals surface area contributed by atoms with Gasteiger partial charge in [0, 0.05) is 18.0 Å². The van der Waals surface area contributed by atoms with Gasteiger partial charge < -0.3 is 11.1 Å². The number of carbonyl (C=O) groups excluding carboxylic acids is 4. The molecule has 3 heterocycles. The van der Waals surface area contributed by atoms with E-state index >= 15 is 0 Å². The first-order valence-corrected chi connectivity index (χ1v) is 12.2. The molecule has 0 unspecified atom stereocenters. The molecule has 0 aromatic heterocycles. The van der Waals surface area contributed by atoms with Crippen LogP contribution in [0.25, 0.3) is 0 Å². The first-order valence-electron chi connectivity index (χ1n) is 11.8. The van der Waals surface area contributed by atoms with Crippen molar-refractivity contribution in [1.29, 1.82) is 0 Å². The van der Waals surface area contributed by atoms with Crippen molar-refractivity contribution in [2.75, 3.05) is 10.2 Å². The Morgan fingerprint density at radius 2 is 1.86 bits per heavy atom. The molecule has 35 heavy (non-hydrogen) atoms. The van der Waals surface area contributed by atoms with E-state index in [-0.39, 0.29) is 6.42 Å².